The van der Waals surface area contributed by atoms with E-state index in [-0.39, 0.29) is 42.0 Å². The zero-order valence-corrected chi connectivity index (χ0v) is 21.4. The fraction of sp³-hybridized carbons (Fsp3) is 0.571. The summed E-state index contributed by atoms with van der Waals surface area (Å²) in [4.78, 5) is 29.1. The molecule has 1 aliphatic heterocycles. The van der Waals surface area contributed by atoms with E-state index < -0.39 is 41.0 Å². The number of likely N-dealkylation sites (tertiary alicyclic amines) is 1. The normalized spacial score (nSPS) is 32.4. The molecule has 0 radical (unpaired) electrons. The van der Waals surface area contributed by atoms with Gasteiger partial charge in [0.25, 0.3) is 17.9 Å². The Morgan fingerprint density at radius 2 is 1.74 bits per heavy atom. The number of anilines is 1. The van der Waals surface area contributed by atoms with Crippen molar-refractivity contribution in [2.75, 3.05) is 25.5 Å². The van der Waals surface area contributed by atoms with Crippen LogP contribution in [0.3, 0.4) is 0 Å². The van der Waals surface area contributed by atoms with Gasteiger partial charge in [0.05, 0.1) is 28.4 Å². The molecule has 1 saturated heterocycles. The van der Waals surface area contributed by atoms with E-state index in [0.717, 1.165) is 32.0 Å². The summed E-state index contributed by atoms with van der Waals surface area (Å²) in [6, 6.07) is 4.34. The molecule has 2 heterocycles. The third-order valence-electron chi connectivity index (χ3n) is 9.19. The van der Waals surface area contributed by atoms with Gasteiger partial charge in [0.2, 0.25) is 0 Å². The molecule has 4 aliphatic carbocycles. The SMILES string of the molecule is C[C@@H](NC(=O)c1cn(C23CC(F)(C2)C3)c(=O)cc1N[C@@H]1[C@@H]2CC[C@H]1CN(C)C2)c1cccc(C(F)F)c1F. The van der Waals surface area contributed by atoms with Crippen LogP contribution in [-0.4, -0.2) is 47.2 Å². The Kier molecular flexibility index (Phi) is 5.90. The number of halogens is 4. The number of carbonyl (C=O) groups is 1. The van der Waals surface area contributed by atoms with Gasteiger partial charge in [-0.2, -0.15) is 0 Å². The van der Waals surface area contributed by atoms with Crippen LogP contribution in [-0.2, 0) is 5.54 Å². The minimum Gasteiger partial charge on any atom is -0.381 e. The van der Waals surface area contributed by atoms with Crippen molar-refractivity contribution in [3.8, 4) is 0 Å². The van der Waals surface area contributed by atoms with E-state index in [9.17, 15) is 27.2 Å². The Morgan fingerprint density at radius 3 is 2.34 bits per heavy atom. The molecule has 4 atom stereocenters. The Balaban J connectivity index is 1.32. The number of aromatic nitrogens is 1. The summed E-state index contributed by atoms with van der Waals surface area (Å²) in [6.45, 7) is 3.37. The molecule has 2 N–H and O–H groups in total. The van der Waals surface area contributed by atoms with Gasteiger partial charge in [-0.15, -0.1) is 0 Å². The minimum absolute atomic E-state index is 0.0499. The summed E-state index contributed by atoms with van der Waals surface area (Å²) < 4.78 is 57.0. The first-order valence-electron chi connectivity index (χ1n) is 13.3. The topological polar surface area (TPSA) is 66.4 Å². The molecular weight excluding hydrogens is 500 g/mol. The highest BCUT2D eigenvalue weighted by atomic mass is 19.3. The lowest BCUT2D eigenvalue weighted by atomic mass is 9.47. The summed E-state index contributed by atoms with van der Waals surface area (Å²) in [5, 5.41) is 6.22. The highest BCUT2D eigenvalue weighted by molar-refractivity contribution is 5.99. The van der Waals surface area contributed by atoms with E-state index in [1.165, 1.54) is 35.9 Å². The predicted molar refractivity (Wildman–Crippen MR) is 135 cm³/mol. The number of carbonyl (C=O) groups excluding carboxylic acids is 1. The van der Waals surface area contributed by atoms with Crippen molar-refractivity contribution in [1.82, 2.24) is 14.8 Å². The standard InChI is InChI=1S/C28H32F4N4O2/c1-15(18-4-3-5-19(23(18)29)25(30)31)33-26(38)20-11-36(28-12-27(32,13-28)14-28)22(37)8-21(20)34-24-16-6-7-17(24)10-35(2)9-16/h3-5,8,11,15-17,24-25,34H,6-7,9-10,12-14H2,1-2H3,(H,33,38)/t15-,16-,17+,24-,27?,28?/m1/s1. The second-order valence-electron chi connectivity index (χ2n) is 11.9. The second kappa shape index (κ2) is 8.83. The number of pyridine rings is 1. The number of fused-ring (bicyclic) bond motifs is 2. The molecule has 1 aromatic heterocycles. The van der Waals surface area contributed by atoms with Crippen molar-refractivity contribution in [1.29, 1.82) is 0 Å². The number of alkyl halides is 3. The maximum Gasteiger partial charge on any atom is 0.266 e. The number of piperidine rings is 1. The largest absolute Gasteiger partial charge is 0.381 e. The van der Waals surface area contributed by atoms with E-state index >= 15 is 0 Å². The summed E-state index contributed by atoms with van der Waals surface area (Å²) in [5.41, 5.74) is -2.31. The maximum atomic E-state index is 14.8. The van der Waals surface area contributed by atoms with Gasteiger partial charge in [0.1, 0.15) is 11.5 Å². The third kappa shape index (κ3) is 4.03. The van der Waals surface area contributed by atoms with Gasteiger partial charge in [-0.25, -0.2) is 17.6 Å². The number of hydrogen-bond acceptors (Lipinski definition) is 4. The van der Waals surface area contributed by atoms with Crippen LogP contribution >= 0.6 is 0 Å². The molecule has 4 bridgehead atoms. The van der Waals surface area contributed by atoms with Crippen LogP contribution in [0.2, 0.25) is 0 Å². The molecule has 0 spiro atoms. The van der Waals surface area contributed by atoms with Gasteiger partial charge in [-0.1, -0.05) is 18.2 Å². The molecule has 7 rings (SSSR count). The second-order valence-corrected chi connectivity index (χ2v) is 11.9. The average molecular weight is 533 g/mol. The minimum atomic E-state index is -2.98. The van der Waals surface area contributed by atoms with Crippen LogP contribution in [0.5, 0.6) is 0 Å². The number of rotatable bonds is 7. The zero-order chi connectivity index (χ0) is 27.0. The number of hydrogen-bond donors (Lipinski definition) is 2. The Hall–Kier alpha value is -2.88. The Labute approximate surface area is 218 Å². The van der Waals surface area contributed by atoms with Gasteiger partial charge in [-0.3, -0.25) is 9.59 Å². The van der Waals surface area contributed by atoms with Gasteiger partial charge < -0.3 is 20.1 Å². The molecule has 2 aromatic rings. The van der Waals surface area contributed by atoms with Gasteiger partial charge >= 0.3 is 0 Å². The Bertz CT molecular complexity index is 1310. The Morgan fingerprint density at radius 1 is 1.11 bits per heavy atom. The fourth-order valence-electron chi connectivity index (χ4n) is 7.37. The predicted octanol–water partition coefficient (Wildman–Crippen LogP) is 4.77. The number of benzene rings is 1. The lowest BCUT2D eigenvalue weighted by molar-refractivity contribution is -0.199. The van der Waals surface area contributed by atoms with E-state index in [2.05, 4.69) is 22.6 Å². The number of nitrogens with zero attached hydrogens (tertiary/aromatic N) is 2. The molecule has 4 saturated carbocycles. The lowest BCUT2D eigenvalue weighted by Crippen LogP contribution is -2.71. The third-order valence-corrected chi connectivity index (χ3v) is 9.19. The van der Waals surface area contributed by atoms with Crippen molar-refractivity contribution in [2.45, 2.75) is 68.7 Å². The van der Waals surface area contributed by atoms with Crippen molar-refractivity contribution in [3.05, 3.63) is 63.3 Å². The first-order valence-corrected chi connectivity index (χ1v) is 13.3. The molecule has 6 nitrogen and oxygen atoms in total. The smallest absolute Gasteiger partial charge is 0.266 e. The summed E-state index contributed by atoms with van der Waals surface area (Å²) in [7, 11) is 2.09. The molecule has 5 fully saturated rings. The van der Waals surface area contributed by atoms with Gasteiger partial charge in [-0.05, 0) is 38.6 Å². The first kappa shape index (κ1) is 25.4. The summed E-state index contributed by atoms with van der Waals surface area (Å²) in [6.07, 6.45) is 1.37. The average Bonchev–Trinajstić information content (AvgIpc) is 3.04. The van der Waals surface area contributed by atoms with Crippen LogP contribution in [0.15, 0.2) is 35.3 Å². The fourth-order valence-corrected chi connectivity index (χ4v) is 7.37. The molecule has 0 unspecified atom stereocenters. The maximum absolute atomic E-state index is 14.8. The van der Waals surface area contributed by atoms with Crippen LogP contribution in [0.1, 0.15) is 73.0 Å². The monoisotopic (exact) mass is 532 g/mol. The van der Waals surface area contributed by atoms with Gasteiger partial charge in [0, 0.05) is 56.2 Å². The molecule has 204 valence electrons. The highest BCUT2D eigenvalue weighted by Crippen LogP contribution is 2.67. The van der Waals surface area contributed by atoms with Crippen molar-refractivity contribution in [2.24, 2.45) is 11.8 Å². The van der Waals surface area contributed by atoms with Crippen molar-refractivity contribution < 1.29 is 22.4 Å². The van der Waals surface area contributed by atoms with Crippen LogP contribution in [0.25, 0.3) is 0 Å². The van der Waals surface area contributed by atoms with Crippen LogP contribution < -0.4 is 16.2 Å². The van der Waals surface area contributed by atoms with Crippen LogP contribution in [0, 0.1) is 17.7 Å². The summed E-state index contributed by atoms with van der Waals surface area (Å²) in [5.74, 6) is -0.849. The van der Waals surface area contributed by atoms with E-state index in [1.54, 1.807) is 0 Å². The molecule has 1 aromatic carbocycles. The van der Waals surface area contributed by atoms with E-state index in [1.807, 2.05) is 0 Å². The van der Waals surface area contributed by atoms with E-state index in [4.69, 9.17) is 0 Å². The highest BCUT2D eigenvalue weighted by Gasteiger charge is 2.70. The summed E-state index contributed by atoms with van der Waals surface area (Å²) >= 11 is 0. The quantitative estimate of drug-likeness (QED) is 0.505. The van der Waals surface area contributed by atoms with E-state index in [0.29, 0.717) is 17.5 Å². The molecule has 1 amide bonds. The molecule has 38 heavy (non-hydrogen) atoms. The molecular formula is C28H32F4N4O2. The first-order chi connectivity index (χ1) is 18.0. The number of nitrogens with one attached hydrogen (secondary N) is 2. The van der Waals surface area contributed by atoms with Crippen LogP contribution in [0.4, 0.5) is 23.2 Å². The van der Waals surface area contributed by atoms with Gasteiger partial charge in [0.15, 0.2) is 0 Å². The number of amides is 1. The molecule has 5 aliphatic rings. The zero-order valence-electron chi connectivity index (χ0n) is 21.4. The lowest BCUT2D eigenvalue weighted by Gasteiger charge is -2.66. The van der Waals surface area contributed by atoms with Crippen molar-refractivity contribution >= 4 is 11.6 Å². The van der Waals surface area contributed by atoms with Crippen molar-refractivity contribution in [3.63, 3.8) is 0 Å². The molecule has 10 heteroatoms.